The Morgan fingerprint density at radius 2 is 2.06 bits per heavy atom. The molecule has 0 unspecified atom stereocenters. The first-order chi connectivity index (χ1) is 8.02. The van der Waals surface area contributed by atoms with Gasteiger partial charge in [-0.1, -0.05) is 0 Å². The molecule has 0 fully saturated rings. The lowest BCUT2D eigenvalue weighted by atomic mass is 10.5. The minimum atomic E-state index is -0.448. The van der Waals surface area contributed by atoms with Crippen LogP contribution in [0.25, 0.3) is 11.2 Å². The Labute approximate surface area is 96.3 Å². The van der Waals surface area contributed by atoms with Crippen LogP contribution in [0.2, 0.25) is 0 Å². The highest BCUT2D eigenvalue weighted by Gasteiger charge is 2.08. The van der Waals surface area contributed by atoms with Crippen molar-refractivity contribution in [3.8, 4) is 0 Å². The van der Waals surface area contributed by atoms with Crippen LogP contribution in [0.15, 0.2) is 15.9 Å². The monoisotopic (exact) mass is 241 g/mol. The Morgan fingerprint density at radius 1 is 1.47 bits per heavy atom. The van der Waals surface area contributed by atoms with Gasteiger partial charge < -0.3 is 15.4 Å². The average Bonchev–Trinajstić information content (AvgIpc) is 2.69. The van der Waals surface area contributed by atoms with Crippen molar-refractivity contribution in [3.63, 3.8) is 0 Å². The zero-order chi connectivity index (χ0) is 13.0. The average molecular weight is 241 g/mol. The van der Waals surface area contributed by atoms with Gasteiger partial charge in [0.2, 0.25) is 0 Å². The van der Waals surface area contributed by atoms with Crippen molar-refractivity contribution in [2.75, 3.05) is 13.2 Å². The topological polar surface area (TPSA) is 119 Å². The summed E-state index contributed by atoms with van der Waals surface area (Å²) in [7, 11) is 3.27. The number of aromatic nitrogens is 4. The fraction of sp³-hybridized carbons (Fsp3) is 0.444. The predicted octanol–water partition coefficient (Wildman–Crippen LogP) is -2.10. The zero-order valence-corrected chi connectivity index (χ0v) is 9.67. The molecule has 2 heterocycles. The SMILES string of the molecule is Cn1cnc2c1c(=O)[nH]c(=O)n2C.NCCO. The Bertz CT molecular complexity index is 607. The molecule has 0 saturated carbocycles. The molecular formula is C9H15N5O3. The van der Waals surface area contributed by atoms with E-state index in [1.807, 2.05) is 0 Å². The van der Waals surface area contributed by atoms with E-state index in [0.29, 0.717) is 17.7 Å². The molecule has 0 aliphatic rings. The van der Waals surface area contributed by atoms with Crippen LogP contribution >= 0.6 is 0 Å². The molecule has 0 aliphatic heterocycles. The number of aliphatic hydroxyl groups excluding tert-OH is 1. The van der Waals surface area contributed by atoms with Gasteiger partial charge in [-0.25, -0.2) is 9.78 Å². The largest absolute Gasteiger partial charge is 0.395 e. The van der Waals surface area contributed by atoms with Crippen LogP contribution < -0.4 is 17.0 Å². The van der Waals surface area contributed by atoms with Crippen molar-refractivity contribution in [1.29, 1.82) is 0 Å². The molecule has 2 aromatic heterocycles. The molecule has 0 spiro atoms. The molecule has 4 N–H and O–H groups in total. The van der Waals surface area contributed by atoms with Gasteiger partial charge in [-0.05, 0) is 0 Å². The summed E-state index contributed by atoms with van der Waals surface area (Å²) in [5.41, 5.74) is 4.73. The first-order valence-corrected chi connectivity index (χ1v) is 4.94. The number of nitrogens with one attached hydrogen (secondary N) is 1. The molecular weight excluding hydrogens is 226 g/mol. The van der Waals surface area contributed by atoms with Gasteiger partial charge in [0, 0.05) is 20.6 Å². The van der Waals surface area contributed by atoms with Gasteiger partial charge >= 0.3 is 5.69 Å². The minimum Gasteiger partial charge on any atom is -0.395 e. The highest BCUT2D eigenvalue weighted by molar-refractivity contribution is 5.69. The number of hydrogen-bond acceptors (Lipinski definition) is 5. The summed E-state index contributed by atoms with van der Waals surface area (Å²) in [6.07, 6.45) is 1.50. The van der Waals surface area contributed by atoms with Crippen LogP contribution in [-0.4, -0.2) is 37.4 Å². The third kappa shape index (κ3) is 2.60. The van der Waals surface area contributed by atoms with Crippen LogP contribution in [-0.2, 0) is 14.1 Å². The summed E-state index contributed by atoms with van der Waals surface area (Å²) in [4.78, 5) is 28.6. The van der Waals surface area contributed by atoms with E-state index >= 15 is 0 Å². The van der Waals surface area contributed by atoms with Crippen molar-refractivity contribution in [2.24, 2.45) is 19.8 Å². The number of nitrogens with two attached hydrogens (primary N) is 1. The molecule has 0 aliphatic carbocycles. The maximum Gasteiger partial charge on any atom is 0.329 e. The second kappa shape index (κ2) is 5.41. The molecule has 2 rings (SSSR count). The Kier molecular flexibility index (Phi) is 4.18. The lowest BCUT2D eigenvalue weighted by Gasteiger charge is -1.97. The van der Waals surface area contributed by atoms with Gasteiger partial charge in [0.1, 0.15) is 0 Å². The number of aliphatic hydroxyl groups is 1. The van der Waals surface area contributed by atoms with E-state index in [2.05, 4.69) is 9.97 Å². The molecule has 94 valence electrons. The highest BCUT2D eigenvalue weighted by Crippen LogP contribution is 2.00. The quantitative estimate of drug-likeness (QED) is 0.528. The van der Waals surface area contributed by atoms with E-state index in [0.717, 1.165) is 0 Å². The van der Waals surface area contributed by atoms with Crippen molar-refractivity contribution in [3.05, 3.63) is 27.2 Å². The summed E-state index contributed by atoms with van der Waals surface area (Å²) in [5, 5.41) is 7.75. The van der Waals surface area contributed by atoms with Crippen molar-refractivity contribution < 1.29 is 5.11 Å². The van der Waals surface area contributed by atoms with Crippen LogP contribution in [0.5, 0.6) is 0 Å². The molecule has 17 heavy (non-hydrogen) atoms. The molecule has 0 aromatic carbocycles. The number of imidazole rings is 1. The summed E-state index contributed by atoms with van der Waals surface area (Å²) < 4.78 is 2.88. The Balaban J connectivity index is 0.000000317. The predicted molar refractivity (Wildman–Crippen MR) is 62.7 cm³/mol. The summed E-state index contributed by atoms with van der Waals surface area (Å²) in [5.74, 6) is 0. The molecule has 0 atom stereocenters. The van der Waals surface area contributed by atoms with E-state index in [1.54, 1.807) is 18.7 Å². The van der Waals surface area contributed by atoms with Gasteiger partial charge in [0.05, 0.1) is 12.9 Å². The van der Waals surface area contributed by atoms with Crippen molar-refractivity contribution in [2.45, 2.75) is 0 Å². The molecule has 2 aromatic rings. The third-order valence-electron chi connectivity index (χ3n) is 2.10. The van der Waals surface area contributed by atoms with Gasteiger partial charge in [0.15, 0.2) is 11.2 Å². The summed E-state index contributed by atoms with van der Waals surface area (Å²) >= 11 is 0. The van der Waals surface area contributed by atoms with E-state index in [1.165, 1.54) is 10.9 Å². The highest BCUT2D eigenvalue weighted by atomic mass is 16.3. The Hall–Kier alpha value is -1.93. The molecule has 0 amide bonds. The molecule has 8 nitrogen and oxygen atoms in total. The maximum atomic E-state index is 11.3. The fourth-order valence-electron chi connectivity index (χ4n) is 1.26. The second-order valence-corrected chi connectivity index (χ2v) is 3.36. The summed E-state index contributed by atoms with van der Waals surface area (Å²) in [6, 6.07) is 0. The zero-order valence-electron chi connectivity index (χ0n) is 9.67. The molecule has 0 radical (unpaired) electrons. The first kappa shape index (κ1) is 13.1. The lowest BCUT2D eigenvalue weighted by molar-refractivity contribution is 0.306. The van der Waals surface area contributed by atoms with Crippen LogP contribution in [0.1, 0.15) is 0 Å². The fourth-order valence-corrected chi connectivity index (χ4v) is 1.26. The number of aryl methyl sites for hydroxylation is 2. The summed E-state index contributed by atoms with van der Waals surface area (Å²) in [6.45, 7) is 0.472. The van der Waals surface area contributed by atoms with E-state index in [-0.39, 0.29) is 6.61 Å². The van der Waals surface area contributed by atoms with E-state index < -0.39 is 11.2 Å². The third-order valence-corrected chi connectivity index (χ3v) is 2.10. The lowest BCUT2D eigenvalue weighted by Crippen LogP contribution is -2.28. The minimum absolute atomic E-state index is 0.0972. The van der Waals surface area contributed by atoms with Crippen molar-refractivity contribution in [1.82, 2.24) is 19.1 Å². The standard InChI is InChI=1S/C7H8N4O2.C2H7NO/c1-10-3-8-5-4(10)6(12)9-7(13)11(5)2;3-1-2-4/h3H,1-2H3,(H,9,12,13);4H,1-3H2. The molecule has 0 saturated heterocycles. The smallest absolute Gasteiger partial charge is 0.329 e. The maximum absolute atomic E-state index is 11.3. The van der Waals surface area contributed by atoms with Crippen molar-refractivity contribution >= 4 is 11.2 Å². The van der Waals surface area contributed by atoms with E-state index in [4.69, 9.17) is 10.8 Å². The Morgan fingerprint density at radius 3 is 2.59 bits per heavy atom. The second-order valence-electron chi connectivity index (χ2n) is 3.36. The van der Waals surface area contributed by atoms with E-state index in [9.17, 15) is 9.59 Å². The molecule has 0 bridgehead atoms. The number of nitrogens with zero attached hydrogens (tertiary/aromatic N) is 3. The van der Waals surface area contributed by atoms with Crippen LogP contribution in [0, 0.1) is 0 Å². The number of fused-ring (bicyclic) bond motifs is 1. The first-order valence-electron chi connectivity index (χ1n) is 4.94. The van der Waals surface area contributed by atoms with Gasteiger partial charge in [-0.2, -0.15) is 0 Å². The van der Waals surface area contributed by atoms with Gasteiger partial charge in [-0.3, -0.25) is 14.3 Å². The number of H-pyrrole nitrogens is 1. The molecule has 8 heteroatoms. The van der Waals surface area contributed by atoms with Crippen LogP contribution in [0.4, 0.5) is 0 Å². The number of rotatable bonds is 1. The van der Waals surface area contributed by atoms with Gasteiger partial charge in [-0.15, -0.1) is 0 Å². The normalized spacial score (nSPS) is 10.1. The van der Waals surface area contributed by atoms with Crippen LogP contribution in [0.3, 0.4) is 0 Å². The number of hydrogen-bond donors (Lipinski definition) is 3. The number of aromatic amines is 1. The van der Waals surface area contributed by atoms with Gasteiger partial charge in [0.25, 0.3) is 5.56 Å².